The van der Waals surface area contributed by atoms with Crippen LogP contribution in [0.4, 0.5) is 0 Å². The lowest BCUT2D eigenvalue weighted by molar-refractivity contribution is -0.138. The van der Waals surface area contributed by atoms with Crippen LogP contribution in [0, 0.1) is 10.8 Å². The molecule has 10 rings (SSSR count). The molecule has 64 heavy (non-hydrogen) atoms. The number of nitrogens with zero attached hydrogens (tertiary/aromatic N) is 16. The maximum absolute atomic E-state index is 13.3. The molecule has 2 atom stereocenters. The van der Waals surface area contributed by atoms with Gasteiger partial charge in [-0.2, -0.15) is 19.6 Å². The predicted molar refractivity (Wildman–Crippen MR) is 222 cm³/mol. The third-order valence-electron chi connectivity index (χ3n) is 14.2. The minimum atomic E-state index is -0.317. The summed E-state index contributed by atoms with van der Waals surface area (Å²) in [6.07, 6.45) is 9.52. The van der Waals surface area contributed by atoms with Crippen LogP contribution in [0.3, 0.4) is 0 Å². The number of carbonyl (C=O) groups is 4. The van der Waals surface area contributed by atoms with E-state index in [1.807, 2.05) is 24.3 Å². The van der Waals surface area contributed by atoms with Crippen LogP contribution >= 0.6 is 0 Å². The summed E-state index contributed by atoms with van der Waals surface area (Å²) in [4.78, 5) is 58.4. The topological polar surface area (TPSA) is 238 Å². The molecular weight excluding hydrogens is 825 g/mol. The first-order valence-electron chi connectivity index (χ1n) is 21.9. The Morgan fingerprint density at radius 1 is 0.562 bits per heavy atom. The Hall–Kier alpha value is -6.42. The molecule has 4 aromatic rings. The molecule has 6 aliphatic rings. The number of cyclic esters (lactones) is 2. The zero-order chi connectivity index (χ0) is 44.6. The first kappa shape index (κ1) is 42.9. The van der Waals surface area contributed by atoms with Crippen molar-refractivity contribution in [2.45, 2.75) is 91.1 Å². The van der Waals surface area contributed by atoms with Gasteiger partial charge in [0.1, 0.15) is 25.9 Å². The molecule has 0 bridgehead atoms. The summed E-state index contributed by atoms with van der Waals surface area (Å²) in [5.41, 5.74) is 3.80. The number of carbonyl (C=O) groups excluding carboxylic acids is 4. The van der Waals surface area contributed by atoms with E-state index in [2.05, 4.69) is 75.1 Å². The number of amides is 2. The summed E-state index contributed by atoms with van der Waals surface area (Å²) in [6.45, 7) is 13.1. The van der Waals surface area contributed by atoms with Crippen LogP contribution in [0.25, 0.3) is 11.6 Å². The average Bonchev–Trinajstić information content (AvgIpc) is 4.20. The summed E-state index contributed by atoms with van der Waals surface area (Å²) in [5.74, 6) is 0.839. The molecule has 4 fully saturated rings. The monoisotopic (exact) mass is 876 g/mol. The molecule has 0 aromatic carbocycles. The second-order valence-corrected chi connectivity index (χ2v) is 17.7. The van der Waals surface area contributed by atoms with Gasteiger partial charge in [-0.15, -0.1) is 20.4 Å². The SMILES string of the molecule is CC1=C(N2CCC3(CCN([C@@H](C)Cc4ccc(-n5cnnn5)nn4)CC3)C2=O)COC1=O.CC1=C(N2CCC3(CCN([C@H](C)Cc4ccc(-n5cnnn5)nn4)CC3)C2=O)COC1=O. The maximum Gasteiger partial charge on any atom is 0.336 e. The Morgan fingerprint density at radius 3 is 1.27 bits per heavy atom. The van der Waals surface area contributed by atoms with Crippen molar-refractivity contribution in [2.24, 2.45) is 10.8 Å². The molecule has 0 N–H and O–H groups in total. The lowest BCUT2D eigenvalue weighted by atomic mass is 9.76. The molecule has 336 valence electrons. The molecule has 4 aromatic heterocycles. The van der Waals surface area contributed by atoms with E-state index in [4.69, 9.17) is 9.47 Å². The van der Waals surface area contributed by atoms with E-state index < -0.39 is 0 Å². The zero-order valence-corrected chi connectivity index (χ0v) is 36.5. The van der Waals surface area contributed by atoms with E-state index in [0.717, 1.165) is 100 Å². The van der Waals surface area contributed by atoms with Gasteiger partial charge < -0.3 is 29.1 Å². The highest BCUT2D eigenvalue weighted by atomic mass is 16.5. The van der Waals surface area contributed by atoms with E-state index in [0.29, 0.717) is 48.0 Å². The van der Waals surface area contributed by atoms with E-state index in [9.17, 15) is 19.2 Å². The van der Waals surface area contributed by atoms with E-state index >= 15 is 0 Å². The van der Waals surface area contributed by atoms with Gasteiger partial charge in [0.25, 0.3) is 0 Å². The fraction of sp³-hybridized carbons (Fsp3) is 0.571. The first-order chi connectivity index (χ1) is 30.9. The van der Waals surface area contributed by atoms with Crippen LogP contribution in [0.5, 0.6) is 0 Å². The van der Waals surface area contributed by atoms with Crippen LogP contribution in [0.2, 0.25) is 0 Å². The highest BCUT2D eigenvalue weighted by molar-refractivity contribution is 5.95. The van der Waals surface area contributed by atoms with Crippen LogP contribution in [-0.4, -0.2) is 169 Å². The lowest BCUT2D eigenvalue weighted by Gasteiger charge is -2.40. The third-order valence-corrected chi connectivity index (χ3v) is 14.2. The van der Waals surface area contributed by atoms with E-state index in [1.54, 1.807) is 23.6 Å². The van der Waals surface area contributed by atoms with Gasteiger partial charge in [-0.05, 0) is 138 Å². The summed E-state index contributed by atoms with van der Waals surface area (Å²) >= 11 is 0. The number of hydrogen-bond acceptors (Lipinski definition) is 18. The van der Waals surface area contributed by atoms with Gasteiger partial charge in [-0.25, -0.2) is 9.59 Å². The summed E-state index contributed by atoms with van der Waals surface area (Å²) < 4.78 is 13.2. The van der Waals surface area contributed by atoms with Gasteiger partial charge in [-0.1, -0.05) is 0 Å². The third kappa shape index (κ3) is 8.26. The number of likely N-dealkylation sites (tertiary alicyclic amines) is 4. The molecule has 6 aliphatic heterocycles. The summed E-state index contributed by atoms with van der Waals surface area (Å²) in [7, 11) is 0. The van der Waals surface area contributed by atoms with Crippen molar-refractivity contribution in [1.82, 2.24) is 80.4 Å². The lowest BCUT2D eigenvalue weighted by Crippen LogP contribution is -2.48. The van der Waals surface area contributed by atoms with Crippen LogP contribution in [0.15, 0.2) is 59.5 Å². The second-order valence-electron chi connectivity index (χ2n) is 17.7. The number of rotatable bonds is 10. The van der Waals surface area contributed by atoms with Gasteiger partial charge in [0.05, 0.1) is 44.8 Å². The van der Waals surface area contributed by atoms with Gasteiger partial charge >= 0.3 is 11.9 Å². The van der Waals surface area contributed by atoms with E-state index in [-0.39, 0.29) is 47.8 Å². The van der Waals surface area contributed by atoms with Crippen LogP contribution in [0.1, 0.15) is 77.6 Å². The molecule has 22 nitrogen and oxygen atoms in total. The summed E-state index contributed by atoms with van der Waals surface area (Å²) in [5, 5.41) is 39.1. The Balaban J connectivity index is 0.000000162. The fourth-order valence-electron chi connectivity index (χ4n) is 9.93. The van der Waals surface area contributed by atoms with Crippen molar-refractivity contribution in [3.8, 4) is 11.6 Å². The van der Waals surface area contributed by atoms with Gasteiger partial charge in [0, 0.05) is 38.0 Å². The molecule has 4 saturated heterocycles. The number of ether oxygens (including phenoxy) is 2. The predicted octanol–water partition coefficient (Wildman–Crippen LogP) is 1.06. The molecule has 10 heterocycles. The molecule has 0 unspecified atom stereocenters. The van der Waals surface area contributed by atoms with Crippen LogP contribution in [-0.2, 0) is 41.5 Å². The quantitative estimate of drug-likeness (QED) is 0.202. The van der Waals surface area contributed by atoms with Gasteiger partial charge in [0.15, 0.2) is 11.6 Å². The Bertz CT molecular complexity index is 2250. The van der Waals surface area contributed by atoms with Crippen molar-refractivity contribution in [3.05, 3.63) is 70.8 Å². The number of tetrazole rings is 2. The summed E-state index contributed by atoms with van der Waals surface area (Å²) in [6, 6.07) is 8.20. The minimum Gasteiger partial charge on any atom is -0.456 e. The Morgan fingerprint density at radius 2 is 0.953 bits per heavy atom. The number of aromatic nitrogens is 12. The maximum atomic E-state index is 13.3. The van der Waals surface area contributed by atoms with Gasteiger partial charge in [0.2, 0.25) is 11.8 Å². The first-order valence-corrected chi connectivity index (χ1v) is 21.9. The second kappa shape index (κ2) is 17.6. The molecule has 0 aliphatic carbocycles. The average molecular weight is 877 g/mol. The van der Waals surface area contributed by atoms with Crippen molar-refractivity contribution in [3.63, 3.8) is 0 Å². The van der Waals surface area contributed by atoms with Crippen LogP contribution < -0.4 is 0 Å². The van der Waals surface area contributed by atoms with E-state index in [1.165, 1.54) is 22.0 Å². The van der Waals surface area contributed by atoms with Crippen molar-refractivity contribution in [1.29, 1.82) is 0 Å². The number of piperidine rings is 2. The van der Waals surface area contributed by atoms with Crippen molar-refractivity contribution < 1.29 is 28.7 Å². The molecule has 2 amide bonds. The smallest absolute Gasteiger partial charge is 0.336 e. The standard InChI is InChI=1S/2C21H26N8O3/c2*1-14(11-16-3-4-18(24-23-16)29-13-22-25-26-29)27-8-5-21(6-9-27)7-10-28(20(21)31)17-12-32-19(30)15(17)2/h2*3-4,13-14H,5-12H2,1-2H3/t2*14-/m10/s1. The molecule has 22 heteroatoms. The minimum absolute atomic E-state index is 0.154. The Labute approximate surface area is 369 Å². The number of esters is 2. The molecule has 0 saturated carbocycles. The normalized spacial score (nSPS) is 22.1. The Kier molecular flexibility index (Phi) is 11.8. The number of hydrogen-bond donors (Lipinski definition) is 0. The largest absolute Gasteiger partial charge is 0.456 e. The molecule has 0 radical (unpaired) electrons. The van der Waals surface area contributed by atoms with Gasteiger partial charge in [-0.3, -0.25) is 9.59 Å². The highest BCUT2D eigenvalue weighted by Gasteiger charge is 2.51. The van der Waals surface area contributed by atoms with Crippen molar-refractivity contribution in [2.75, 3.05) is 52.5 Å². The molecular formula is C42H52N16O6. The highest BCUT2D eigenvalue weighted by Crippen LogP contribution is 2.45. The zero-order valence-electron chi connectivity index (χ0n) is 36.5. The van der Waals surface area contributed by atoms with Crippen molar-refractivity contribution >= 4 is 23.8 Å². The molecule has 2 spiro atoms. The fourth-order valence-corrected chi connectivity index (χ4v) is 9.93.